The fraction of sp³-hybridized carbons (Fsp3) is 0.857. The quantitative estimate of drug-likeness (QED) is 0.570. The number of carbonyl (C=O) groups is 1. The summed E-state index contributed by atoms with van der Waals surface area (Å²) in [6, 6.07) is 0. The van der Waals surface area contributed by atoms with Crippen molar-refractivity contribution in [2.24, 2.45) is 0 Å². The number of ketones is 1. The van der Waals surface area contributed by atoms with Crippen LogP contribution in [-0.2, 0) is 4.79 Å². The molecule has 1 rings (SSSR count). The molecule has 0 heterocycles. The van der Waals surface area contributed by atoms with Crippen LogP contribution in [0.3, 0.4) is 0 Å². The normalized spacial score (nSPS) is 21.2. The first kappa shape index (κ1) is 7.69. The molecule has 1 aliphatic rings. The fourth-order valence-corrected chi connectivity index (χ4v) is 1.26. The maximum Gasteiger partial charge on any atom is 0.151 e. The van der Waals surface area contributed by atoms with Gasteiger partial charge in [-0.05, 0) is 26.8 Å². The maximum absolute atomic E-state index is 11.0. The minimum absolute atomic E-state index is 0.158. The highest BCUT2D eigenvalue weighted by atomic mass is 16.1. The largest absolute Gasteiger partial charge is 0.298 e. The Hall–Kier alpha value is -0.410. The molecule has 0 saturated heterocycles. The van der Waals surface area contributed by atoms with Gasteiger partial charge >= 0.3 is 0 Å². The third kappa shape index (κ3) is 0.954. The molecule has 0 amide bonds. The van der Waals surface area contributed by atoms with E-state index in [1.54, 1.807) is 6.92 Å². The summed E-state index contributed by atoms with van der Waals surface area (Å²) >= 11 is 0. The first-order chi connectivity index (χ1) is 4.63. The van der Waals surface area contributed by atoms with E-state index in [0.29, 0.717) is 0 Å². The van der Waals surface area contributed by atoms with Gasteiger partial charge in [0.05, 0.1) is 5.54 Å². The van der Waals surface area contributed by atoms with Gasteiger partial charge in [-0.15, -0.1) is 0 Å². The average molecular weight is 142 g/mol. The second-order valence-electron chi connectivity index (χ2n) is 2.87. The molecule has 10 heavy (non-hydrogen) atoms. The van der Waals surface area contributed by atoms with Crippen molar-refractivity contribution >= 4 is 5.78 Å². The van der Waals surface area contributed by atoms with Gasteiger partial charge in [-0.1, -0.05) is 0 Å². The lowest BCUT2D eigenvalue weighted by molar-refractivity contribution is -0.124. The second kappa shape index (κ2) is 2.32. The standard InChI is InChI=1S/C7H14N2O/c1-6(10)7(4-5-7)9(3)8-2/h8H,4-5H2,1-3H3. The number of hydrogen-bond acceptors (Lipinski definition) is 3. The number of nitrogens with zero attached hydrogens (tertiary/aromatic N) is 1. The smallest absolute Gasteiger partial charge is 0.151 e. The van der Waals surface area contributed by atoms with Gasteiger partial charge in [0.25, 0.3) is 0 Å². The number of nitrogens with one attached hydrogen (secondary N) is 1. The zero-order valence-electron chi connectivity index (χ0n) is 6.77. The number of carbonyl (C=O) groups excluding carboxylic acids is 1. The van der Waals surface area contributed by atoms with E-state index in [9.17, 15) is 4.79 Å². The molecule has 1 N–H and O–H groups in total. The molecule has 0 spiro atoms. The molecular weight excluding hydrogens is 128 g/mol. The number of hydrazine groups is 1. The molecular formula is C7H14N2O. The average Bonchev–Trinajstić information content (AvgIpc) is 2.65. The second-order valence-corrected chi connectivity index (χ2v) is 2.87. The van der Waals surface area contributed by atoms with Gasteiger partial charge in [-0.25, -0.2) is 5.01 Å². The zero-order valence-corrected chi connectivity index (χ0v) is 6.77. The van der Waals surface area contributed by atoms with Crippen molar-refractivity contribution in [1.82, 2.24) is 10.4 Å². The van der Waals surface area contributed by atoms with Gasteiger partial charge in [0, 0.05) is 7.05 Å². The van der Waals surface area contributed by atoms with Crippen LogP contribution in [0.4, 0.5) is 0 Å². The molecule has 3 heteroatoms. The summed E-state index contributed by atoms with van der Waals surface area (Å²) in [5.41, 5.74) is 2.80. The van der Waals surface area contributed by atoms with Crippen LogP contribution >= 0.6 is 0 Å². The van der Waals surface area contributed by atoms with Gasteiger partial charge in [0.1, 0.15) is 0 Å². The van der Waals surface area contributed by atoms with E-state index in [0.717, 1.165) is 12.8 Å². The lowest BCUT2D eigenvalue weighted by atomic mass is 10.2. The molecule has 1 fully saturated rings. The minimum atomic E-state index is -0.158. The molecule has 3 nitrogen and oxygen atoms in total. The summed E-state index contributed by atoms with van der Waals surface area (Å²) in [7, 11) is 3.75. The first-order valence-electron chi connectivity index (χ1n) is 3.56. The Morgan fingerprint density at radius 2 is 2.10 bits per heavy atom. The van der Waals surface area contributed by atoms with Crippen LogP contribution in [0.2, 0.25) is 0 Å². The van der Waals surface area contributed by atoms with Gasteiger partial charge in [0.2, 0.25) is 0 Å². The van der Waals surface area contributed by atoms with Crippen LogP contribution in [0.15, 0.2) is 0 Å². The molecule has 0 aromatic carbocycles. The third-order valence-electron chi connectivity index (χ3n) is 2.36. The van der Waals surface area contributed by atoms with E-state index >= 15 is 0 Å². The van der Waals surface area contributed by atoms with Crippen molar-refractivity contribution in [2.75, 3.05) is 14.1 Å². The van der Waals surface area contributed by atoms with Gasteiger partial charge in [-0.2, -0.15) is 0 Å². The SMILES string of the molecule is CNN(C)C1(C(C)=O)CC1. The van der Waals surface area contributed by atoms with Crippen LogP contribution in [0.25, 0.3) is 0 Å². The van der Waals surface area contributed by atoms with Crippen molar-refractivity contribution in [3.8, 4) is 0 Å². The van der Waals surface area contributed by atoms with E-state index in [1.165, 1.54) is 0 Å². The van der Waals surface area contributed by atoms with E-state index < -0.39 is 0 Å². The number of rotatable bonds is 3. The molecule has 1 saturated carbocycles. The van der Waals surface area contributed by atoms with Crippen LogP contribution in [0.1, 0.15) is 19.8 Å². The summed E-state index contributed by atoms with van der Waals surface area (Å²) in [6.07, 6.45) is 2.00. The Bertz CT molecular complexity index is 152. The van der Waals surface area contributed by atoms with Gasteiger partial charge < -0.3 is 0 Å². The van der Waals surface area contributed by atoms with Gasteiger partial charge in [0.15, 0.2) is 5.78 Å². The Labute approximate surface area is 61.4 Å². The van der Waals surface area contributed by atoms with Crippen LogP contribution in [-0.4, -0.2) is 30.4 Å². The highest BCUT2D eigenvalue weighted by molar-refractivity contribution is 5.88. The summed E-state index contributed by atoms with van der Waals surface area (Å²) in [6.45, 7) is 1.65. The molecule has 0 unspecified atom stereocenters. The minimum Gasteiger partial charge on any atom is -0.298 e. The van der Waals surface area contributed by atoms with Crippen molar-refractivity contribution in [2.45, 2.75) is 25.3 Å². The first-order valence-corrected chi connectivity index (χ1v) is 3.56. The Kier molecular flexibility index (Phi) is 1.79. The number of hydrogen-bond donors (Lipinski definition) is 1. The van der Waals surface area contributed by atoms with E-state index in [4.69, 9.17) is 0 Å². The van der Waals surface area contributed by atoms with E-state index in [1.807, 2.05) is 19.1 Å². The van der Waals surface area contributed by atoms with Crippen LogP contribution in [0, 0.1) is 0 Å². The lowest BCUT2D eigenvalue weighted by Gasteiger charge is -2.23. The summed E-state index contributed by atoms with van der Waals surface area (Å²) < 4.78 is 0. The fourth-order valence-electron chi connectivity index (χ4n) is 1.26. The molecule has 0 aromatic rings. The topological polar surface area (TPSA) is 32.3 Å². The van der Waals surface area contributed by atoms with Crippen molar-refractivity contribution < 1.29 is 4.79 Å². The van der Waals surface area contributed by atoms with Crippen molar-refractivity contribution in [3.05, 3.63) is 0 Å². The molecule has 0 bridgehead atoms. The van der Waals surface area contributed by atoms with E-state index in [2.05, 4.69) is 5.43 Å². The summed E-state index contributed by atoms with van der Waals surface area (Å²) in [4.78, 5) is 11.0. The summed E-state index contributed by atoms with van der Waals surface area (Å²) in [5, 5.41) is 1.90. The highest BCUT2D eigenvalue weighted by Crippen LogP contribution is 2.40. The maximum atomic E-state index is 11.0. The Morgan fingerprint density at radius 3 is 2.20 bits per heavy atom. The highest BCUT2D eigenvalue weighted by Gasteiger charge is 2.50. The lowest BCUT2D eigenvalue weighted by Crippen LogP contribution is -2.46. The summed E-state index contributed by atoms with van der Waals surface area (Å²) in [5.74, 6) is 0.268. The molecule has 0 atom stereocenters. The predicted molar refractivity (Wildman–Crippen MR) is 39.5 cm³/mol. The zero-order chi connectivity index (χ0) is 7.78. The predicted octanol–water partition coefficient (Wildman–Crippen LogP) is 0.174. The molecule has 1 aliphatic carbocycles. The van der Waals surface area contributed by atoms with E-state index in [-0.39, 0.29) is 11.3 Å². The Balaban J connectivity index is 2.60. The third-order valence-corrected chi connectivity index (χ3v) is 2.36. The molecule has 0 radical (unpaired) electrons. The number of Topliss-reactive ketones (excluding diaryl/α,β-unsaturated/α-hetero) is 1. The van der Waals surface area contributed by atoms with Crippen LogP contribution < -0.4 is 5.43 Å². The van der Waals surface area contributed by atoms with Crippen LogP contribution in [0.5, 0.6) is 0 Å². The van der Waals surface area contributed by atoms with Gasteiger partial charge in [-0.3, -0.25) is 10.2 Å². The molecule has 0 aliphatic heterocycles. The Morgan fingerprint density at radius 1 is 1.60 bits per heavy atom. The van der Waals surface area contributed by atoms with Crippen molar-refractivity contribution in [1.29, 1.82) is 0 Å². The number of likely N-dealkylation sites (N-methyl/N-ethyl adjacent to an activating group) is 1. The van der Waals surface area contributed by atoms with Crippen molar-refractivity contribution in [3.63, 3.8) is 0 Å². The molecule has 0 aromatic heterocycles. The molecule has 58 valence electrons. The monoisotopic (exact) mass is 142 g/mol.